The molecule has 1 heterocycles. The SMILES string of the molecule is C(=Cc1cccc2c1-c1ccccc1C2(c1ccccc1)c1ccccc1)c1ccc2c(c1)N(c1ccccc1)c1cc(N(c3ccccc3)c3ccccc3)ccc1CC2. The molecular formula is C59H44N2. The van der Waals surface area contributed by atoms with Crippen LogP contribution in [-0.2, 0) is 18.3 Å². The molecule has 0 aromatic heterocycles. The number of hydrogen-bond acceptors (Lipinski definition) is 2. The predicted octanol–water partition coefficient (Wildman–Crippen LogP) is 15.3. The number of hydrogen-bond donors (Lipinski definition) is 0. The first-order chi connectivity index (χ1) is 30.3. The molecule has 290 valence electrons. The van der Waals surface area contributed by atoms with Crippen molar-refractivity contribution in [3.63, 3.8) is 0 Å². The van der Waals surface area contributed by atoms with E-state index < -0.39 is 5.41 Å². The second-order valence-corrected chi connectivity index (χ2v) is 16.0. The second-order valence-electron chi connectivity index (χ2n) is 16.0. The molecule has 0 spiro atoms. The molecule has 0 bridgehead atoms. The Balaban J connectivity index is 1.04. The normalized spacial score (nSPS) is 13.5. The predicted molar refractivity (Wildman–Crippen MR) is 256 cm³/mol. The Morgan fingerprint density at radius 1 is 0.410 bits per heavy atom. The van der Waals surface area contributed by atoms with Crippen LogP contribution in [-0.4, -0.2) is 0 Å². The molecule has 0 unspecified atom stereocenters. The largest absolute Gasteiger partial charge is 0.310 e. The van der Waals surface area contributed by atoms with Gasteiger partial charge in [0.1, 0.15) is 0 Å². The Hall–Kier alpha value is -7.68. The summed E-state index contributed by atoms with van der Waals surface area (Å²) in [4.78, 5) is 4.84. The Kier molecular flexibility index (Phi) is 9.24. The lowest BCUT2D eigenvalue weighted by Crippen LogP contribution is -2.28. The number of para-hydroxylation sites is 3. The summed E-state index contributed by atoms with van der Waals surface area (Å²) in [5.74, 6) is 0. The van der Waals surface area contributed by atoms with Gasteiger partial charge in [-0.25, -0.2) is 0 Å². The van der Waals surface area contributed by atoms with Crippen LogP contribution in [0.2, 0.25) is 0 Å². The van der Waals surface area contributed by atoms with Gasteiger partial charge in [-0.05, 0) is 123 Å². The van der Waals surface area contributed by atoms with Crippen molar-refractivity contribution in [3.05, 3.63) is 275 Å². The molecule has 0 N–H and O–H groups in total. The van der Waals surface area contributed by atoms with E-state index in [9.17, 15) is 0 Å². The summed E-state index contributed by atoms with van der Waals surface area (Å²) in [7, 11) is 0. The lowest BCUT2D eigenvalue weighted by atomic mass is 9.67. The standard InChI is InChI=1S/C59H44N2/c1-6-20-47(21-7-1)59(48-22-8-2-9-23-48)54-31-17-16-30-53(54)58-46(19-18-32-55(58)59)36-34-43-33-35-44-37-38-45-39-40-52(42-57(45)61(56(44)41-43)51-28-14-5-15-29-51)60(49-24-10-3-11-25-49)50-26-12-4-13-27-50/h1-36,39-42H,37-38H2. The van der Waals surface area contributed by atoms with Crippen molar-refractivity contribution in [2.75, 3.05) is 9.80 Å². The van der Waals surface area contributed by atoms with Gasteiger partial charge in [-0.1, -0.05) is 188 Å². The summed E-state index contributed by atoms with van der Waals surface area (Å²) in [5.41, 5.74) is 19.3. The van der Waals surface area contributed by atoms with Gasteiger partial charge in [0.05, 0.1) is 11.1 Å². The van der Waals surface area contributed by atoms with Gasteiger partial charge in [0.15, 0.2) is 0 Å². The average Bonchev–Trinajstić information content (AvgIpc) is 3.54. The minimum absolute atomic E-state index is 0.429. The Morgan fingerprint density at radius 2 is 0.934 bits per heavy atom. The number of rotatable bonds is 8. The van der Waals surface area contributed by atoms with Crippen molar-refractivity contribution in [1.29, 1.82) is 0 Å². The third-order valence-electron chi connectivity index (χ3n) is 12.6. The highest BCUT2D eigenvalue weighted by Gasteiger charge is 2.46. The van der Waals surface area contributed by atoms with Crippen LogP contribution < -0.4 is 9.80 Å². The number of anilines is 6. The Bertz CT molecular complexity index is 2930. The molecule has 2 heteroatoms. The van der Waals surface area contributed by atoms with Gasteiger partial charge in [0.25, 0.3) is 0 Å². The lowest BCUT2D eigenvalue weighted by molar-refractivity contribution is 0.768. The quantitative estimate of drug-likeness (QED) is 0.142. The van der Waals surface area contributed by atoms with E-state index in [2.05, 4.69) is 252 Å². The fourth-order valence-electron chi connectivity index (χ4n) is 9.92. The van der Waals surface area contributed by atoms with Crippen molar-refractivity contribution in [3.8, 4) is 11.1 Å². The van der Waals surface area contributed by atoms with Crippen LogP contribution in [0.4, 0.5) is 34.1 Å². The first kappa shape index (κ1) is 36.4. The zero-order valence-electron chi connectivity index (χ0n) is 33.9. The number of fused-ring (bicyclic) bond motifs is 5. The summed E-state index contributed by atoms with van der Waals surface area (Å²) >= 11 is 0. The van der Waals surface area contributed by atoms with Crippen LogP contribution in [0.5, 0.6) is 0 Å². The molecule has 0 radical (unpaired) electrons. The summed E-state index contributed by atoms with van der Waals surface area (Å²) in [6.07, 6.45) is 6.55. The molecule has 61 heavy (non-hydrogen) atoms. The van der Waals surface area contributed by atoms with Crippen molar-refractivity contribution >= 4 is 46.3 Å². The second kappa shape index (κ2) is 15.5. The van der Waals surface area contributed by atoms with E-state index in [1.807, 2.05) is 0 Å². The van der Waals surface area contributed by atoms with Gasteiger partial charge in [-0.2, -0.15) is 0 Å². The van der Waals surface area contributed by atoms with Crippen LogP contribution in [0, 0.1) is 0 Å². The number of aryl methyl sites for hydroxylation is 2. The maximum Gasteiger partial charge on any atom is 0.0713 e. The van der Waals surface area contributed by atoms with Crippen LogP contribution in [0.1, 0.15) is 44.5 Å². The highest BCUT2D eigenvalue weighted by Crippen LogP contribution is 2.57. The summed E-state index contributed by atoms with van der Waals surface area (Å²) in [6.45, 7) is 0. The lowest BCUT2D eigenvalue weighted by Gasteiger charge is -2.33. The molecule has 1 aliphatic heterocycles. The van der Waals surface area contributed by atoms with Crippen LogP contribution >= 0.6 is 0 Å². The smallest absolute Gasteiger partial charge is 0.0713 e. The van der Waals surface area contributed by atoms with Crippen molar-refractivity contribution < 1.29 is 0 Å². The molecule has 2 nitrogen and oxygen atoms in total. The zero-order valence-corrected chi connectivity index (χ0v) is 33.9. The molecule has 1 aliphatic carbocycles. The molecule has 0 fully saturated rings. The molecule has 11 rings (SSSR count). The van der Waals surface area contributed by atoms with E-state index in [-0.39, 0.29) is 0 Å². The Labute approximate surface area is 359 Å². The molecule has 2 aliphatic rings. The molecule has 0 atom stereocenters. The first-order valence-corrected chi connectivity index (χ1v) is 21.3. The van der Waals surface area contributed by atoms with Gasteiger partial charge in [-0.15, -0.1) is 0 Å². The maximum atomic E-state index is 2.48. The summed E-state index contributed by atoms with van der Waals surface area (Å²) in [5, 5.41) is 0. The maximum absolute atomic E-state index is 2.48. The third kappa shape index (κ3) is 6.27. The fourth-order valence-corrected chi connectivity index (χ4v) is 9.92. The van der Waals surface area contributed by atoms with E-state index in [1.165, 1.54) is 61.4 Å². The van der Waals surface area contributed by atoms with E-state index in [4.69, 9.17) is 0 Å². The van der Waals surface area contributed by atoms with Crippen LogP contribution in [0.25, 0.3) is 23.3 Å². The molecule has 0 saturated heterocycles. The highest BCUT2D eigenvalue weighted by atomic mass is 15.2. The van der Waals surface area contributed by atoms with Gasteiger partial charge in [0, 0.05) is 28.4 Å². The monoisotopic (exact) mass is 780 g/mol. The zero-order chi connectivity index (χ0) is 40.6. The van der Waals surface area contributed by atoms with E-state index in [1.54, 1.807) is 0 Å². The Morgan fingerprint density at radius 3 is 1.57 bits per heavy atom. The van der Waals surface area contributed by atoms with Crippen LogP contribution in [0.15, 0.2) is 231 Å². The molecule has 9 aromatic carbocycles. The first-order valence-electron chi connectivity index (χ1n) is 21.3. The number of nitrogens with zero attached hydrogens (tertiary/aromatic N) is 2. The van der Waals surface area contributed by atoms with E-state index in [0.29, 0.717) is 0 Å². The minimum Gasteiger partial charge on any atom is -0.310 e. The molecule has 9 aromatic rings. The highest BCUT2D eigenvalue weighted by molar-refractivity contribution is 5.93. The fraction of sp³-hybridized carbons (Fsp3) is 0.0508. The van der Waals surface area contributed by atoms with Gasteiger partial charge in [0.2, 0.25) is 0 Å². The van der Waals surface area contributed by atoms with Crippen molar-refractivity contribution in [1.82, 2.24) is 0 Å². The molecule has 0 amide bonds. The van der Waals surface area contributed by atoms with Crippen molar-refractivity contribution in [2.24, 2.45) is 0 Å². The average molecular weight is 781 g/mol. The van der Waals surface area contributed by atoms with Gasteiger partial charge < -0.3 is 9.80 Å². The number of benzene rings is 9. The van der Waals surface area contributed by atoms with Crippen LogP contribution in [0.3, 0.4) is 0 Å². The molecular weight excluding hydrogens is 737 g/mol. The summed E-state index contributed by atoms with van der Waals surface area (Å²) < 4.78 is 0. The van der Waals surface area contributed by atoms with Gasteiger partial charge >= 0.3 is 0 Å². The molecule has 0 saturated carbocycles. The minimum atomic E-state index is -0.429. The van der Waals surface area contributed by atoms with Crippen molar-refractivity contribution in [2.45, 2.75) is 18.3 Å². The summed E-state index contributed by atoms with van der Waals surface area (Å²) in [6, 6.07) is 84.2. The topological polar surface area (TPSA) is 6.48 Å². The van der Waals surface area contributed by atoms with Gasteiger partial charge in [-0.3, -0.25) is 0 Å². The van der Waals surface area contributed by atoms with E-state index >= 15 is 0 Å². The van der Waals surface area contributed by atoms with E-state index in [0.717, 1.165) is 41.2 Å². The third-order valence-corrected chi connectivity index (χ3v) is 12.6.